The summed E-state index contributed by atoms with van der Waals surface area (Å²) in [6.07, 6.45) is 1.33. The average Bonchev–Trinajstić information content (AvgIpc) is 3.14. The lowest BCUT2D eigenvalue weighted by Crippen LogP contribution is -2.16. The highest BCUT2D eigenvalue weighted by Crippen LogP contribution is 2.38. The number of rotatable bonds is 3. The number of aromatic nitrogens is 3. The Labute approximate surface area is 152 Å². The maximum atomic E-state index is 12.3. The minimum Gasteiger partial charge on any atom is -0.332 e. The maximum absolute atomic E-state index is 12.3. The van der Waals surface area contributed by atoms with E-state index in [-0.39, 0.29) is 18.0 Å². The van der Waals surface area contributed by atoms with E-state index in [0.29, 0.717) is 35.4 Å². The number of H-pyrrole nitrogens is 1. The molecule has 0 radical (unpaired) electrons. The molecule has 3 aromatic heterocycles. The number of nitrogens with zero attached hydrogens (tertiary/aromatic N) is 3. The molecule has 3 heterocycles. The molecule has 0 aliphatic heterocycles. The van der Waals surface area contributed by atoms with E-state index < -0.39 is 0 Å². The van der Waals surface area contributed by atoms with Crippen molar-refractivity contribution in [1.29, 1.82) is 5.26 Å². The van der Waals surface area contributed by atoms with Crippen molar-refractivity contribution in [2.75, 3.05) is 6.54 Å². The molecule has 0 bridgehead atoms. The van der Waals surface area contributed by atoms with Gasteiger partial charge in [0.25, 0.3) is 5.56 Å². The van der Waals surface area contributed by atoms with Crippen LogP contribution in [-0.4, -0.2) is 21.1 Å². The van der Waals surface area contributed by atoms with Crippen LogP contribution in [0, 0.1) is 11.3 Å². The van der Waals surface area contributed by atoms with Crippen LogP contribution < -0.4 is 11.3 Å². The topological polar surface area (TPSA) is 100 Å². The number of benzene rings is 1. The van der Waals surface area contributed by atoms with E-state index >= 15 is 0 Å². The molecule has 4 rings (SSSR count). The largest absolute Gasteiger partial charge is 0.332 e. The molecule has 4 aromatic rings. The van der Waals surface area contributed by atoms with Crippen LogP contribution in [0.1, 0.15) is 5.56 Å². The fraction of sp³-hybridized carbons (Fsp3) is 0.118. The summed E-state index contributed by atoms with van der Waals surface area (Å²) in [5.41, 5.74) is 7.41. The van der Waals surface area contributed by atoms with Crippen LogP contribution in [0.15, 0.2) is 41.5 Å². The van der Waals surface area contributed by atoms with Crippen molar-refractivity contribution in [3.63, 3.8) is 0 Å². The Morgan fingerprint density at radius 2 is 2.16 bits per heavy atom. The van der Waals surface area contributed by atoms with Gasteiger partial charge >= 0.3 is 0 Å². The van der Waals surface area contributed by atoms with Crippen molar-refractivity contribution in [1.82, 2.24) is 14.5 Å². The van der Waals surface area contributed by atoms with Crippen molar-refractivity contribution < 1.29 is 0 Å². The molecule has 126 valence electrons. The van der Waals surface area contributed by atoms with Crippen molar-refractivity contribution in [3.05, 3.63) is 52.6 Å². The van der Waals surface area contributed by atoms with E-state index in [9.17, 15) is 10.1 Å². The number of nitrogens with two attached hydrogens (primary N) is 1. The highest BCUT2D eigenvalue weighted by atomic mass is 35.5. The minimum atomic E-state index is -0.266. The first-order chi connectivity index (χ1) is 11.7. The first kappa shape index (κ1) is 17.2. The molecule has 0 fully saturated rings. The Morgan fingerprint density at radius 3 is 2.88 bits per heavy atom. The Kier molecular flexibility index (Phi) is 4.59. The molecular formula is C17H14ClN5OS. The second-order valence-corrected chi connectivity index (χ2v) is 6.44. The lowest BCUT2D eigenvalue weighted by molar-refractivity contribution is 0.738. The second kappa shape index (κ2) is 6.69. The minimum absolute atomic E-state index is 0. The first-order valence-electron chi connectivity index (χ1n) is 7.43. The van der Waals surface area contributed by atoms with Crippen LogP contribution in [0.5, 0.6) is 0 Å². The molecule has 0 aliphatic rings. The standard InChI is InChI=1S/C17H13N5OS.ClH/c18-5-6-22-15(13-7-10-3-1-2-4-12(10)24-13)11(8-19)14-16(22)17(23)21-9-20-14;/h1-4,7,9H,5-6,18H2,(H,20,21,23);1H. The summed E-state index contributed by atoms with van der Waals surface area (Å²) in [4.78, 5) is 20.0. The Morgan fingerprint density at radius 1 is 1.36 bits per heavy atom. The molecule has 0 unspecified atom stereocenters. The Bertz CT molecular complexity index is 1130. The van der Waals surface area contributed by atoms with Gasteiger partial charge in [-0.2, -0.15) is 5.26 Å². The van der Waals surface area contributed by atoms with E-state index in [1.807, 2.05) is 34.9 Å². The summed E-state index contributed by atoms with van der Waals surface area (Å²) in [5.74, 6) is 0. The van der Waals surface area contributed by atoms with Gasteiger partial charge in [-0.15, -0.1) is 23.7 Å². The molecule has 0 saturated heterocycles. The molecule has 25 heavy (non-hydrogen) atoms. The molecule has 0 aliphatic carbocycles. The molecule has 3 N–H and O–H groups in total. The zero-order valence-corrected chi connectivity index (χ0v) is 14.7. The van der Waals surface area contributed by atoms with Crippen LogP contribution >= 0.6 is 23.7 Å². The number of aromatic amines is 1. The normalized spacial score (nSPS) is 10.7. The van der Waals surface area contributed by atoms with Crippen molar-refractivity contribution >= 4 is 44.9 Å². The fourth-order valence-electron chi connectivity index (χ4n) is 3.00. The summed E-state index contributed by atoms with van der Waals surface area (Å²) in [6, 6.07) is 12.3. The zero-order valence-electron chi connectivity index (χ0n) is 13.0. The van der Waals surface area contributed by atoms with Gasteiger partial charge in [0, 0.05) is 17.8 Å². The van der Waals surface area contributed by atoms with Gasteiger partial charge in [-0.3, -0.25) is 4.79 Å². The number of nitriles is 1. The van der Waals surface area contributed by atoms with E-state index in [4.69, 9.17) is 5.73 Å². The van der Waals surface area contributed by atoms with Gasteiger partial charge in [0.1, 0.15) is 22.7 Å². The fourth-order valence-corrected chi connectivity index (χ4v) is 4.12. The lowest BCUT2D eigenvalue weighted by Gasteiger charge is -2.07. The van der Waals surface area contributed by atoms with E-state index in [1.54, 1.807) is 11.3 Å². The summed E-state index contributed by atoms with van der Waals surface area (Å²) >= 11 is 1.59. The van der Waals surface area contributed by atoms with Gasteiger partial charge in [0.05, 0.1) is 16.9 Å². The number of thiophene rings is 1. The van der Waals surface area contributed by atoms with Crippen molar-refractivity contribution in [3.8, 4) is 16.6 Å². The summed E-state index contributed by atoms with van der Waals surface area (Å²) in [6.45, 7) is 0.803. The van der Waals surface area contributed by atoms with Crippen LogP contribution in [0.25, 0.3) is 31.7 Å². The third-order valence-electron chi connectivity index (χ3n) is 3.97. The van der Waals surface area contributed by atoms with Crippen molar-refractivity contribution in [2.24, 2.45) is 5.73 Å². The first-order valence-corrected chi connectivity index (χ1v) is 8.25. The third-order valence-corrected chi connectivity index (χ3v) is 5.09. The number of nitrogens with one attached hydrogen (secondary N) is 1. The lowest BCUT2D eigenvalue weighted by atomic mass is 10.2. The zero-order chi connectivity index (χ0) is 16.7. The van der Waals surface area contributed by atoms with E-state index in [0.717, 1.165) is 15.0 Å². The molecular weight excluding hydrogens is 358 g/mol. The van der Waals surface area contributed by atoms with Gasteiger partial charge in [0.15, 0.2) is 0 Å². The predicted molar refractivity (Wildman–Crippen MR) is 102 cm³/mol. The maximum Gasteiger partial charge on any atom is 0.275 e. The van der Waals surface area contributed by atoms with Gasteiger partial charge in [-0.25, -0.2) is 4.98 Å². The van der Waals surface area contributed by atoms with E-state index in [2.05, 4.69) is 16.0 Å². The second-order valence-electron chi connectivity index (χ2n) is 5.35. The number of fused-ring (bicyclic) bond motifs is 2. The summed E-state index contributed by atoms with van der Waals surface area (Å²) in [5, 5.41) is 10.8. The van der Waals surface area contributed by atoms with Crippen molar-refractivity contribution in [2.45, 2.75) is 6.54 Å². The third kappa shape index (κ3) is 2.61. The average molecular weight is 372 g/mol. The van der Waals surface area contributed by atoms with Crippen LogP contribution in [0.4, 0.5) is 0 Å². The molecule has 0 amide bonds. The van der Waals surface area contributed by atoms with Gasteiger partial charge < -0.3 is 15.3 Å². The number of hydrogen-bond donors (Lipinski definition) is 2. The number of hydrogen-bond acceptors (Lipinski definition) is 5. The molecule has 1 aromatic carbocycles. The highest BCUT2D eigenvalue weighted by molar-refractivity contribution is 7.22. The van der Waals surface area contributed by atoms with Crippen LogP contribution in [-0.2, 0) is 6.54 Å². The van der Waals surface area contributed by atoms with Crippen LogP contribution in [0.3, 0.4) is 0 Å². The Hall–Kier alpha value is -2.66. The quantitative estimate of drug-likeness (QED) is 0.578. The molecule has 8 heteroatoms. The summed E-state index contributed by atoms with van der Waals surface area (Å²) in [7, 11) is 0. The molecule has 0 atom stereocenters. The predicted octanol–water partition coefficient (Wildman–Crippen LogP) is 2.86. The molecule has 6 nitrogen and oxygen atoms in total. The SMILES string of the molecule is Cl.N#Cc1c(-c2cc3ccccc3s2)n(CCN)c2c(=O)[nH]cnc12. The van der Waals surface area contributed by atoms with Gasteiger partial charge in [-0.05, 0) is 17.5 Å². The van der Waals surface area contributed by atoms with E-state index in [1.165, 1.54) is 6.33 Å². The molecule has 0 saturated carbocycles. The van der Waals surface area contributed by atoms with Gasteiger partial charge in [-0.1, -0.05) is 18.2 Å². The summed E-state index contributed by atoms with van der Waals surface area (Å²) < 4.78 is 2.94. The van der Waals surface area contributed by atoms with Gasteiger partial charge in [0.2, 0.25) is 0 Å². The number of halogens is 1. The molecule has 0 spiro atoms. The highest BCUT2D eigenvalue weighted by Gasteiger charge is 2.22. The smallest absolute Gasteiger partial charge is 0.275 e. The Balaban J connectivity index is 0.00000182. The van der Waals surface area contributed by atoms with Crippen LogP contribution in [0.2, 0.25) is 0 Å². The monoisotopic (exact) mass is 371 g/mol.